The Hall–Kier alpha value is -0.160. The van der Waals surface area contributed by atoms with E-state index in [1.165, 1.54) is 0 Å². The highest BCUT2D eigenvalue weighted by atomic mass is 16.5. The first-order chi connectivity index (χ1) is 7.22. The van der Waals surface area contributed by atoms with Crippen molar-refractivity contribution in [2.24, 2.45) is 0 Å². The monoisotopic (exact) mass is 216 g/mol. The van der Waals surface area contributed by atoms with Crippen molar-refractivity contribution in [2.45, 2.75) is 12.5 Å². The molecule has 0 aliphatic carbocycles. The molecule has 1 saturated heterocycles. The van der Waals surface area contributed by atoms with Gasteiger partial charge in [0.05, 0.1) is 12.7 Å². The van der Waals surface area contributed by atoms with Crippen LogP contribution in [-0.2, 0) is 9.47 Å². The zero-order valence-electron chi connectivity index (χ0n) is 10.2. The summed E-state index contributed by atoms with van der Waals surface area (Å²) in [6.07, 6.45) is 1.49. The average Bonchev–Trinajstić information content (AvgIpc) is 2.18. The number of hydrogen-bond acceptors (Lipinski definition) is 4. The van der Waals surface area contributed by atoms with E-state index in [2.05, 4.69) is 23.9 Å². The number of morpholine rings is 1. The number of methoxy groups -OCH3 is 1. The van der Waals surface area contributed by atoms with Crippen LogP contribution in [0, 0.1) is 0 Å². The van der Waals surface area contributed by atoms with Crippen LogP contribution < -0.4 is 0 Å². The lowest BCUT2D eigenvalue weighted by Gasteiger charge is -2.34. The van der Waals surface area contributed by atoms with Gasteiger partial charge in [-0.15, -0.1) is 0 Å². The summed E-state index contributed by atoms with van der Waals surface area (Å²) in [5.41, 5.74) is 0. The molecule has 0 aromatic heterocycles. The van der Waals surface area contributed by atoms with E-state index in [9.17, 15) is 0 Å². The first-order valence-corrected chi connectivity index (χ1v) is 5.70. The molecule has 1 rings (SSSR count). The molecule has 0 aromatic rings. The second-order valence-electron chi connectivity index (χ2n) is 4.40. The summed E-state index contributed by atoms with van der Waals surface area (Å²) in [5, 5.41) is 0. The van der Waals surface area contributed by atoms with E-state index in [-0.39, 0.29) is 0 Å². The Balaban J connectivity index is 2.17. The van der Waals surface area contributed by atoms with Gasteiger partial charge in [-0.1, -0.05) is 0 Å². The highest BCUT2D eigenvalue weighted by Gasteiger charge is 2.20. The Morgan fingerprint density at radius 2 is 2.27 bits per heavy atom. The molecule has 0 unspecified atom stereocenters. The van der Waals surface area contributed by atoms with Gasteiger partial charge < -0.3 is 14.4 Å². The smallest absolute Gasteiger partial charge is 0.0829 e. The number of rotatable bonds is 6. The van der Waals surface area contributed by atoms with Gasteiger partial charge >= 0.3 is 0 Å². The highest BCUT2D eigenvalue weighted by Crippen LogP contribution is 2.06. The molecule has 0 N–H and O–H groups in total. The molecule has 1 fully saturated rings. The van der Waals surface area contributed by atoms with Crippen molar-refractivity contribution in [1.82, 2.24) is 9.80 Å². The minimum absolute atomic E-state index is 0.372. The van der Waals surface area contributed by atoms with Crippen LogP contribution in [0.1, 0.15) is 6.42 Å². The van der Waals surface area contributed by atoms with E-state index >= 15 is 0 Å². The summed E-state index contributed by atoms with van der Waals surface area (Å²) >= 11 is 0. The Morgan fingerprint density at radius 1 is 1.47 bits per heavy atom. The van der Waals surface area contributed by atoms with E-state index in [1.807, 2.05) is 0 Å². The lowest BCUT2D eigenvalue weighted by molar-refractivity contribution is -0.0394. The lowest BCUT2D eigenvalue weighted by Crippen LogP contribution is -2.46. The van der Waals surface area contributed by atoms with Crippen LogP contribution in [0.25, 0.3) is 0 Å². The van der Waals surface area contributed by atoms with Gasteiger partial charge in [0, 0.05) is 39.9 Å². The maximum atomic E-state index is 5.71. The molecule has 4 nitrogen and oxygen atoms in total. The largest absolute Gasteiger partial charge is 0.385 e. The molecule has 0 aromatic carbocycles. The summed E-state index contributed by atoms with van der Waals surface area (Å²) in [6, 6.07) is 0. The van der Waals surface area contributed by atoms with Gasteiger partial charge in [-0.3, -0.25) is 4.90 Å². The van der Waals surface area contributed by atoms with Crippen molar-refractivity contribution in [1.29, 1.82) is 0 Å². The molecule has 0 radical (unpaired) electrons. The first kappa shape index (κ1) is 12.9. The van der Waals surface area contributed by atoms with Gasteiger partial charge in [-0.2, -0.15) is 0 Å². The van der Waals surface area contributed by atoms with E-state index in [4.69, 9.17) is 9.47 Å². The quantitative estimate of drug-likeness (QED) is 0.596. The predicted octanol–water partition coefficient (Wildman–Crippen LogP) is 0.285. The zero-order valence-corrected chi connectivity index (χ0v) is 10.2. The minimum Gasteiger partial charge on any atom is -0.385 e. The fourth-order valence-electron chi connectivity index (χ4n) is 1.93. The van der Waals surface area contributed by atoms with Gasteiger partial charge in [-0.05, 0) is 20.5 Å². The van der Waals surface area contributed by atoms with Crippen LogP contribution in [0.3, 0.4) is 0 Å². The zero-order chi connectivity index (χ0) is 11.1. The molecule has 1 atom stereocenters. The third kappa shape index (κ3) is 5.47. The van der Waals surface area contributed by atoms with Gasteiger partial charge in [0.1, 0.15) is 0 Å². The minimum atomic E-state index is 0.372. The number of nitrogens with zero attached hydrogens (tertiary/aromatic N) is 2. The Labute approximate surface area is 93.1 Å². The molecule has 0 spiro atoms. The molecule has 0 bridgehead atoms. The second-order valence-corrected chi connectivity index (χ2v) is 4.40. The topological polar surface area (TPSA) is 24.9 Å². The molecule has 0 amide bonds. The number of ether oxygens (including phenoxy) is 2. The highest BCUT2D eigenvalue weighted by molar-refractivity contribution is 4.73. The molecule has 1 heterocycles. The molecular formula is C11H24N2O2. The molecule has 1 aliphatic heterocycles. The number of likely N-dealkylation sites (N-methyl/N-ethyl adjacent to an activating group) is 1. The van der Waals surface area contributed by atoms with Gasteiger partial charge in [0.25, 0.3) is 0 Å². The van der Waals surface area contributed by atoms with Gasteiger partial charge in [0.2, 0.25) is 0 Å². The van der Waals surface area contributed by atoms with Crippen LogP contribution >= 0.6 is 0 Å². The molecule has 0 saturated carbocycles. The van der Waals surface area contributed by atoms with Crippen molar-refractivity contribution in [3.8, 4) is 0 Å². The van der Waals surface area contributed by atoms with E-state index < -0.39 is 0 Å². The Bertz CT molecular complexity index is 165. The fraction of sp³-hybridized carbons (Fsp3) is 1.00. The van der Waals surface area contributed by atoms with Crippen molar-refractivity contribution >= 4 is 0 Å². The summed E-state index contributed by atoms with van der Waals surface area (Å²) in [6.45, 7) is 5.98. The van der Waals surface area contributed by atoms with Crippen molar-refractivity contribution in [3.63, 3.8) is 0 Å². The first-order valence-electron chi connectivity index (χ1n) is 5.70. The average molecular weight is 216 g/mol. The Morgan fingerprint density at radius 3 is 2.93 bits per heavy atom. The van der Waals surface area contributed by atoms with Crippen molar-refractivity contribution < 1.29 is 9.47 Å². The Kier molecular flexibility index (Phi) is 6.17. The summed E-state index contributed by atoms with van der Waals surface area (Å²) < 4.78 is 10.8. The van der Waals surface area contributed by atoms with E-state index in [0.717, 1.165) is 45.8 Å². The van der Waals surface area contributed by atoms with Crippen LogP contribution in [0.15, 0.2) is 0 Å². The van der Waals surface area contributed by atoms with Crippen molar-refractivity contribution in [2.75, 3.05) is 60.6 Å². The normalized spacial score (nSPS) is 23.6. The van der Waals surface area contributed by atoms with Gasteiger partial charge in [0.15, 0.2) is 0 Å². The van der Waals surface area contributed by atoms with Gasteiger partial charge in [-0.25, -0.2) is 0 Å². The van der Waals surface area contributed by atoms with Crippen LogP contribution in [0.2, 0.25) is 0 Å². The summed E-state index contributed by atoms with van der Waals surface area (Å²) in [7, 11) is 5.94. The van der Waals surface area contributed by atoms with Crippen LogP contribution in [0.5, 0.6) is 0 Å². The number of hydrogen-bond donors (Lipinski definition) is 0. The van der Waals surface area contributed by atoms with Crippen LogP contribution in [-0.4, -0.2) is 76.5 Å². The molecule has 90 valence electrons. The maximum absolute atomic E-state index is 5.71. The molecule has 4 heteroatoms. The lowest BCUT2D eigenvalue weighted by atomic mass is 10.2. The fourth-order valence-corrected chi connectivity index (χ4v) is 1.93. The summed E-state index contributed by atoms with van der Waals surface area (Å²) in [5.74, 6) is 0. The third-order valence-electron chi connectivity index (χ3n) is 2.61. The van der Waals surface area contributed by atoms with Crippen molar-refractivity contribution in [3.05, 3.63) is 0 Å². The summed E-state index contributed by atoms with van der Waals surface area (Å²) in [4.78, 5) is 4.65. The molecule has 15 heavy (non-hydrogen) atoms. The predicted molar refractivity (Wildman–Crippen MR) is 61.2 cm³/mol. The molecular weight excluding hydrogens is 192 g/mol. The van der Waals surface area contributed by atoms with Crippen LogP contribution in [0.4, 0.5) is 0 Å². The van der Waals surface area contributed by atoms with E-state index in [1.54, 1.807) is 7.11 Å². The SMILES string of the molecule is COCCCN1CCO[C@@H](CN(C)C)C1. The standard InChI is InChI=1S/C11H24N2O2/c1-12(2)9-11-10-13(6-8-15-11)5-4-7-14-3/h11H,4-10H2,1-3H3/t11-/m0/s1. The second kappa shape index (κ2) is 7.17. The van der Waals surface area contributed by atoms with E-state index in [0.29, 0.717) is 6.10 Å². The maximum Gasteiger partial charge on any atom is 0.0829 e. The molecule has 1 aliphatic rings. The third-order valence-corrected chi connectivity index (χ3v) is 2.61.